The zero-order chi connectivity index (χ0) is 15.3. The van der Waals surface area contributed by atoms with Gasteiger partial charge in [0.2, 0.25) is 0 Å². The molecule has 3 heteroatoms. The van der Waals surface area contributed by atoms with Crippen molar-refractivity contribution in [2.24, 2.45) is 11.7 Å². The maximum absolute atomic E-state index is 6.23. The van der Waals surface area contributed by atoms with Crippen LogP contribution >= 0.6 is 11.3 Å². The zero-order valence-electron chi connectivity index (χ0n) is 14.0. The second-order valence-corrected chi connectivity index (χ2v) is 7.94. The summed E-state index contributed by atoms with van der Waals surface area (Å²) in [6.45, 7) is 5.46. The van der Waals surface area contributed by atoms with Crippen molar-refractivity contribution in [3.63, 3.8) is 0 Å². The van der Waals surface area contributed by atoms with Crippen molar-refractivity contribution in [2.45, 2.75) is 70.4 Å². The Morgan fingerprint density at radius 1 is 1.43 bits per heavy atom. The largest absolute Gasteiger partial charge is 0.329 e. The number of rotatable bonds is 7. The molecule has 0 saturated heterocycles. The van der Waals surface area contributed by atoms with E-state index in [1.54, 1.807) is 0 Å². The minimum atomic E-state index is 0.237. The molecule has 0 amide bonds. The molecule has 1 atom stereocenters. The van der Waals surface area contributed by atoms with Gasteiger partial charge in [-0.3, -0.25) is 4.90 Å². The molecule has 1 aromatic rings. The Labute approximate surface area is 134 Å². The highest BCUT2D eigenvalue weighted by Crippen LogP contribution is 2.38. The fraction of sp³-hybridized carbons (Fsp3) is 0.778. The highest BCUT2D eigenvalue weighted by atomic mass is 32.1. The number of likely N-dealkylation sites (N-methyl/N-ethyl adjacent to an activating group) is 1. The summed E-state index contributed by atoms with van der Waals surface area (Å²) < 4.78 is 0. The van der Waals surface area contributed by atoms with Crippen LogP contribution in [0, 0.1) is 5.92 Å². The molecule has 0 aromatic carbocycles. The van der Waals surface area contributed by atoms with Crippen LogP contribution in [0.1, 0.15) is 57.2 Å². The average molecular weight is 309 g/mol. The van der Waals surface area contributed by atoms with Crippen LogP contribution in [0.4, 0.5) is 0 Å². The molecule has 1 aromatic heterocycles. The van der Waals surface area contributed by atoms with Gasteiger partial charge in [-0.05, 0) is 63.4 Å². The van der Waals surface area contributed by atoms with Crippen molar-refractivity contribution in [2.75, 3.05) is 13.6 Å². The molecule has 1 aliphatic rings. The van der Waals surface area contributed by atoms with Gasteiger partial charge in [0.05, 0.1) is 0 Å². The summed E-state index contributed by atoms with van der Waals surface area (Å²) in [5, 5.41) is 2.18. The first kappa shape index (κ1) is 17.0. The van der Waals surface area contributed by atoms with Crippen LogP contribution in [0.5, 0.6) is 0 Å². The van der Waals surface area contributed by atoms with Gasteiger partial charge in [-0.15, -0.1) is 11.3 Å². The molecule has 1 saturated carbocycles. The molecule has 0 spiro atoms. The lowest BCUT2D eigenvalue weighted by atomic mass is 9.73. The highest BCUT2D eigenvalue weighted by molar-refractivity contribution is 7.09. The predicted molar refractivity (Wildman–Crippen MR) is 93.9 cm³/mol. The van der Waals surface area contributed by atoms with Crippen LogP contribution in [0.25, 0.3) is 0 Å². The number of hydrogen-bond donors (Lipinski definition) is 1. The minimum absolute atomic E-state index is 0.237. The molecule has 1 heterocycles. The van der Waals surface area contributed by atoms with Gasteiger partial charge in [0, 0.05) is 23.0 Å². The van der Waals surface area contributed by atoms with Gasteiger partial charge in [0.1, 0.15) is 0 Å². The maximum atomic E-state index is 6.23. The number of hydrogen-bond acceptors (Lipinski definition) is 3. The van der Waals surface area contributed by atoms with E-state index in [0.29, 0.717) is 6.04 Å². The number of nitrogens with zero attached hydrogens (tertiary/aromatic N) is 1. The van der Waals surface area contributed by atoms with E-state index in [1.807, 2.05) is 11.3 Å². The second kappa shape index (κ2) is 7.75. The molecule has 0 bridgehead atoms. The first-order chi connectivity index (χ1) is 10.1. The van der Waals surface area contributed by atoms with Crippen LogP contribution in [-0.4, -0.2) is 30.1 Å². The lowest BCUT2D eigenvalue weighted by molar-refractivity contribution is 0.0346. The van der Waals surface area contributed by atoms with E-state index in [2.05, 4.69) is 43.3 Å². The van der Waals surface area contributed by atoms with Crippen LogP contribution < -0.4 is 5.73 Å². The molecule has 2 rings (SSSR count). The maximum Gasteiger partial charge on any atom is 0.0331 e. The number of nitrogens with two attached hydrogens (primary N) is 1. The normalized spacial score (nSPS) is 28.0. The van der Waals surface area contributed by atoms with Crippen LogP contribution in [0.15, 0.2) is 17.5 Å². The van der Waals surface area contributed by atoms with E-state index in [9.17, 15) is 0 Å². The Kier molecular flexibility index (Phi) is 6.27. The van der Waals surface area contributed by atoms with Crippen molar-refractivity contribution in [1.29, 1.82) is 0 Å². The van der Waals surface area contributed by atoms with E-state index >= 15 is 0 Å². The van der Waals surface area contributed by atoms with Gasteiger partial charge in [-0.2, -0.15) is 0 Å². The molecule has 0 radical (unpaired) electrons. The molecule has 2 N–H and O–H groups in total. The SMILES string of the molecule is CCCC1CCC(CN)(N(C)C(C)Cc2cccs2)CC1. The summed E-state index contributed by atoms with van der Waals surface area (Å²) in [7, 11) is 2.30. The summed E-state index contributed by atoms with van der Waals surface area (Å²) in [4.78, 5) is 4.08. The van der Waals surface area contributed by atoms with E-state index in [0.717, 1.165) is 18.9 Å². The Morgan fingerprint density at radius 2 is 2.14 bits per heavy atom. The van der Waals surface area contributed by atoms with Gasteiger partial charge in [-0.1, -0.05) is 25.8 Å². The topological polar surface area (TPSA) is 29.3 Å². The summed E-state index contributed by atoms with van der Waals surface area (Å²) in [6, 6.07) is 4.97. The monoisotopic (exact) mass is 308 g/mol. The van der Waals surface area contributed by atoms with Gasteiger partial charge in [0.15, 0.2) is 0 Å². The first-order valence-electron chi connectivity index (χ1n) is 8.56. The van der Waals surface area contributed by atoms with Crippen molar-refractivity contribution in [3.05, 3.63) is 22.4 Å². The zero-order valence-corrected chi connectivity index (χ0v) is 14.8. The molecule has 21 heavy (non-hydrogen) atoms. The average Bonchev–Trinajstić information content (AvgIpc) is 3.01. The summed E-state index contributed by atoms with van der Waals surface area (Å²) in [5.41, 5.74) is 6.47. The van der Waals surface area contributed by atoms with E-state index < -0.39 is 0 Å². The molecule has 1 unspecified atom stereocenters. The fourth-order valence-electron chi connectivity index (χ4n) is 3.94. The third-order valence-electron chi connectivity index (χ3n) is 5.60. The molecule has 2 nitrogen and oxygen atoms in total. The minimum Gasteiger partial charge on any atom is -0.329 e. The van der Waals surface area contributed by atoms with Crippen molar-refractivity contribution in [1.82, 2.24) is 4.90 Å². The fourth-order valence-corrected chi connectivity index (χ4v) is 4.76. The summed E-state index contributed by atoms with van der Waals surface area (Å²) >= 11 is 1.87. The lowest BCUT2D eigenvalue weighted by Crippen LogP contribution is -2.57. The van der Waals surface area contributed by atoms with Crippen LogP contribution in [0.2, 0.25) is 0 Å². The summed E-state index contributed by atoms with van der Waals surface area (Å²) in [5.74, 6) is 0.940. The molecule has 1 aliphatic carbocycles. The van der Waals surface area contributed by atoms with Crippen molar-refractivity contribution >= 4 is 11.3 Å². The standard InChI is InChI=1S/C18H32N2S/c1-4-6-16-8-10-18(14-19,11-9-16)20(3)15(2)13-17-7-5-12-21-17/h5,7,12,15-16H,4,6,8-11,13-14,19H2,1-3H3. The molecular weight excluding hydrogens is 276 g/mol. The highest BCUT2D eigenvalue weighted by Gasteiger charge is 2.39. The molecular formula is C18H32N2S. The first-order valence-corrected chi connectivity index (χ1v) is 9.44. The molecule has 1 fully saturated rings. The van der Waals surface area contributed by atoms with Crippen LogP contribution in [-0.2, 0) is 6.42 Å². The Balaban J connectivity index is 1.96. The van der Waals surface area contributed by atoms with Gasteiger partial charge in [0.25, 0.3) is 0 Å². The molecule has 0 aliphatic heterocycles. The number of thiophene rings is 1. The Bertz CT molecular complexity index is 393. The Hall–Kier alpha value is -0.380. The van der Waals surface area contributed by atoms with E-state index in [4.69, 9.17) is 5.73 Å². The van der Waals surface area contributed by atoms with E-state index in [1.165, 1.54) is 43.4 Å². The van der Waals surface area contributed by atoms with Crippen molar-refractivity contribution < 1.29 is 0 Å². The quantitative estimate of drug-likeness (QED) is 0.814. The smallest absolute Gasteiger partial charge is 0.0331 e. The third kappa shape index (κ3) is 4.08. The van der Waals surface area contributed by atoms with Crippen LogP contribution in [0.3, 0.4) is 0 Å². The predicted octanol–water partition coefficient (Wildman–Crippen LogP) is 4.30. The lowest BCUT2D eigenvalue weighted by Gasteiger charge is -2.48. The van der Waals surface area contributed by atoms with E-state index in [-0.39, 0.29) is 5.54 Å². The van der Waals surface area contributed by atoms with Gasteiger partial charge in [-0.25, -0.2) is 0 Å². The third-order valence-corrected chi connectivity index (χ3v) is 6.50. The van der Waals surface area contributed by atoms with Crippen molar-refractivity contribution in [3.8, 4) is 0 Å². The summed E-state index contributed by atoms with van der Waals surface area (Å²) in [6.07, 6.45) is 9.15. The van der Waals surface area contributed by atoms with Gasteiger partial charge < -0.3 is 5.73 Å². The molecule has 120 valence electrons. The second-order valence-electron chi connectivity index (χ2n) is 6.90. The van der Waals surface area contributed by atoms with Gasteiger partial charge >= 0.3 is 0 Å². The Morgan fingerprint density at radius 3 is 2.67 bits per heavy atom.